The summed E-state index contributed by atoms with van der Waals surface area (Å²) in [5.74, 6) is 0.652. The summed E-state index contributed by atoms with van der Waals surface area (Å²) in [4.78, 5) is 23.6. The van der Waals surface area contributed by atoms with Gasteiger partial charge in [0, 0.05) is 12.8 Å². The first-order valence-corrected chi connectivity index (χ1v) is 5.84. The largest absolute Gasteiger partial charge is 0.299 e. The van der Waals surface area contributed by atoms with Crippen molar-refractivity contribution in [2.24, 2.45) is 11.8 Å². The fourth-order valence-corrected chi connectivity index (χ4v) is 2.91. The van der Waals surface area contributed by atoms with Gasteiger partial charge in [0.2, 0.25) is 0 Å². The van der Waals surface area contributed by atoms with Gasteiger partial charge in [0.05, 0.1) is 5.92 Å². The lowest BCUT2D eigenvalue weighted by molar-refractivity contribution is -0.134. The lowest BCUT2D eigenvalue weighted by atomic mass is 9.83. The van der Waals surface area contributed by atoms with Crippen LogP contribution in [0.2, 0.25) is 0 Å². The maximum Gasteiger partial charge on any atom is 0.143 e. The van der Waals surface area contributed by atoms with Gasteiger partial charge < -0.3 is 0 Å². The summed E-state index contributed by atoms with van der Waals surface area (Å²) < 4.78 is 0. The monoisotopic (exact) mass is 194 g/mol. The van der Waals surface area contributed by atoms with Crippen LogP contribution in [0.4, 0.5) is 0 Å². The molecule has 2 saturated carbocycles. The van der Waals surface area contributed by atoms with E-state index in [1.165, 1.54) is 0 Å². The van der Waals surface area contributed by atoms with Crippen molar-refractivity contribution in [1.82, 2.24) is 0 Å². The third kappa shape index (κ3) is 1.89. The molecule has 0 radical (unpaired) electrons. The van der Waals surface area contributed by atoms with E-state index in [1.54, 1.807) is 0 Å². The van der Waals surface area contributed by atoms with Gasteiger partial charge in [-0.25, -0.2) is 0 Å². The normalized spacial score (nSPS) is 34.6. The number of hydrogen-bond donors (Lipinski definition) is 0. The third-order valence-electron chi connectivity index (χ3n) is 3.66. The summed E-state index contributed by atoms with van der Waals surface area (Å²) in [6.45, 7) is 0. The Bertz CT molecular complexity index is 221. The molecule has 14 heavy (non-hydrogen) atoms. The highest BCUT2D eigenvalue weighted by Gasteiger charge is 2.36. The minimum Gasteiger partial charge on any atom is -0.299 e. The minimum absolute atomic E-state index is 0.208. The first-order chi connectivity index (χ1) is 6.79. The van der Waals surface area contributed by atoms with E-state index in [0.717, 1.165) is 38.5 Å². The Morgan fingerprint density at radius 2 is 1.29 bits per heavy atom. The Hall–Kier alpha value is -0.660. The highest BCUT2D eigenvalue weighted by Crippen LogP contribution is 2.34. The van der Waals surface area contributed by atoms with Crippen molar-refractivity contribution >= 4 is 11.6 Å². The van der Waals surface area contributed by atoms with E-state index in [9.17, 15) is 9.59 Å². The van der Waals surface area contributed by atoms with E-state index in [0.29, 0.717) is 18.8 Å². The zero-order valence-electron chi connectivity index (χ0n) is 8.63. The number of rotatable bonds is 0. The van der Waals surface area contributed by atoms with E-state index >= 15 is 0 Å². The van der Waals surface area contributed by atoms with Gasteiger partial charge in [-0.3, -0.25) is 9.59 Å². The standard InChI is InChI=1S/C12H18O2/c13-10-7-3-1-5-9-6-2-4-8-11(14)12(9)10/h9,12H,1-8H2. The molecule has 2 fully saturated rings. The van der Waals surface area contributed by atoms with Crippen molar-refractivity contribution in [3.05, 3.63) is 0 Å². The van der Waals surface area contributed by atoms with Crippen LogP contribution in [0.3, 0.4) is 0 Å². The fourth-order valence-electron chi connectivity index (χ4n) is 2.91. The fraction of sp³-hybridized carbons (Fsp3) is 0.833. The van der Waals surface area contributed by atoms with Crippen LogP contribution in [0.15, 0.2) is 0 Å². The van der Waals surface area contributed by atoms with Gasteiger partial charge in [0.15, 0.2) is 0 Å². The summed E-state index contributed by atoms with van der Waals surface area (Å²) in [7, 11) is 0. The highest BCUT2D eigenvalue weighted by atomic mass is 16.1. The summed E-state index contributed by atoms with van der Waals surface area (Å²) in [6, 6.07) is 0. The molecule has 78 valence electrons. The molecule has 2 rings (SSSR count). The van der Waals surface area contributed by atoms with Crippen molar-refractivity contribution in [1.29, 1.82) is 0 Å². The molecule has 0 heterocycles. The topological polar surface area (TPSA) is 34.1 Å². The average molecular weight is 194 g/mol. The SMILES string of the molecule is O=C1CCCCC2CCCCC(=O)C12. The van der Waals surface area contributed by atoms with Crippen LogP contribution in [-0.4, -0.2) is 11.6 Å². The molecular weight excluding hydrogens is 176 g/mol. The molecule has 0 spiro atoms. The van der Waals surface area contributed by atoms with Crippen molar-refractivity contribution in [2.45, 2.75) is 51.4 Å². The van der Waals surface area contributed by atoms with Crippen molar-refractivity contribution in [2.75, 3.05) is 0 Å². The Labute approximate surface area is 85.1 Å². The summed E-state index contributed by atoms with van der Waals surface area (Å²) in [5, 5.41) is 0. The van der Waals surface area contributed by atoms with E-state index in [4.69, 9.17) is 0 Å². The van der Waals surface area contributed by atoms with Gasteiger partial charge in [-0.15, -0.1) is 0 Å². The second-order valence-electron chi connectivity index (χ2n) is 4.66. The van der Waals surface area contributed by atoms with Crippen molar-refractivity contribution in [3.8, 4) is 0 Å². The van der Waals surface area contributed by atoms with E-state index in [-0.39, 0.29) is 17.5 Å². The van der Waals surface area contributed by atoms with Crippen molar-refractivity contribution in [3.63, 3.8) is 0 Å². The smallest absolute Gasteiger partial charge is 0.143 e. The van der Waals surface area contributed by atoms with Crippen LogP contribution >= 0.6 is 0 Å². The minimum atomic E-state index is -0.208. The van der Waals surface area contributed by atoms with Crippen LogP contribution < -0.4 is 0 Å². The second-order valence-corrected chi connectivity index (χ2v) is 4.66. The van der Waals surface area contributed by atoms with Gasteiger partial charge >= 0.3 is 0 Å². The number of Topliss-reactive ketones (excluding diaryl/α,β-unsaturated/α-hetero) is 2. The zero-order chi connectivity index (χ0) is 9.97. The number of ketones is 2. The Kier molecular flexibility index (Phi) is 2.99. The summed E-state index contributed by atoms with van der Waals surface area (Å²) >= 11 is 0. The molecular formula is C12H18O2. The molecule has 2 nitrogen and oxygen atoms in total. The summed E-state index contributed by atoms with van der Waals surface area (Å²) in [5.41, 5.74) is 0. The molecule has 0 aliphatic heterocycles. The molecule has 0 unspecified atom stereocenters. The average Bonchev–Trinajstić information content (AvgIpc) is 2.44. The molecule has 0 aromatic rings. The molecule has 2 aliphatic carbocycles. The first-order valence-electron chi connectivity index (χ1n) is 5.84. The third-order valence-corrected chi connectivity index (χ3v) is 3.66. The van der Waals surface area contributed by atoms with Crippen LogP contribution in [0.25, 0.3) is 0 Å². The molecule has 0 N–H and O–H groups in total. The Balaban J connectivity index is 2.19. The summed E-state index contributed by atoms with van der Waals surface area (Å²) in [6.07, 6.45) is 7.77. The lowest BCUT2D eigenvalue weighted by Gasteiger charge is -2.19. The molecule has 0 atom stereocenters. The van der Waals surface area contributed by atoms with E-state index < -0.39 is 0 Å². The molecule has 2 aliphatic rings. The quantitative estimate of drug-likeness (QED) is 0.555. The van der Waals surface area contributed by atoms with Crippen molar-refractivity contribution < 1.29 is 9.59 Å². The van der Waals surface area contributed by atoms with Crippen LogP contribution in [0.5, 0.6) is 0 Å². The van der Waals surface area contributed by atoms with E-state index in [1.807, 2.05) is 0 Å². The van der Waals surface area contributed by atoms with Crippen LogP contribution in [0.1, 0.15) is 51.4 Å². The van der Waals surface area contributed by atoms with Gasteiger partial charge in [-0.05, 0) is 31.6 Å². The molecule has 0 amide bonds. The number of carbonyl (C=O) groups excluding carboxylic acids is 2. The van der Waals surface area contributed by atoms with Crippen LogP contribution in [-0.2, 0) is 9.59 Å². The zero-order valence-corrected chi connectivity index (χ0v) is 8.63. The highest BCUT2D eigenvalue weighted by molar-refractivity contribution is 6.02. The van der Waals surface area contributed by atoms with Gasteiger partial charge in [-0.1, -0.05) is 12.8 Å². The van der Waals surface area contributed by atoms with Crippen LogP contribution in [0, 0.1) is 11.8 Å². The molecule has 0 bridgehead atoms. The van der Waals surface area contributed by atoms with Gasteiger partial charge in [-0.2, -0.15) is 0 Å². The maximum absolute atomic E-state index is 11.8. The molecule has 2 heteroatoms. The molecule has 0 aromatic heterocycles. The van der Waals surface area contributed by atoms with Gasteiger partial charge in [0.25, 0.3) is 0 Å². The molecule has 0 aromatic carbocycles. The predicted octanol–water partition coefficient (Wildman–Crippen LogP) is 2.51. The predicted molar refractivity (Wildman–Crippen MR) is 53.9 cm³/mol. The second kappa shape index (κ2) is 4.24. The lowest BCUT2D eigenvalue weighted by Crippen LogP contribution is -2.28. The Morgan fingerprint density at radius 3 is 1.79 bits per heavy atom. The number of hydrogen-bond acceptors (Lipinski definition) is 2. The van der Waals surface area contributed by atoms with Gasteiger partial charge in [0.1, 0.15) is 11.6 Å². The van der Waals surface area contributed by atoms with E-state index in [2.05, 4.69) is 0 Å². The maximum atomic E-state index is 11.8. The number of carbonyl (C=O) groups is 2. The number of fused-ring (bicyclic) bond motifs is 1. The molecule has 0 saturated heterocycles. The Morgan fingerprint density at radius 1 is 0.786 bits per heavy atom. The first kappa shape index (κ1) is 9.88.